The van der Waals surface area contributed by atoms with Crippen molar-refractivity contribution in [3.63, 3.8) is 0 Å². The maximum atomic E-state index is 6.09. The second kappa shape index (κ2) is 8.61. The zero-order valence-electron chi connectivity index (χ0n) is 16.6. The fourth-order valence-corrected chi connectivity index (χ4v) is 3.52. The van der Waals surface area contributed by atoms with Gasteiger partial charge in [-0.3, -0.25) is 4.90 Å². The Morgan fingerprint density at radius 2 is 1.53 bits per heavy atom. The van der Waals surface area contributed by atoms with E-state index in [0.29, 0.717) is 28.8 Å². The Morgan fingerprint density at radius 3 is 2.27 bits per heavy atom. The van der Waals surface area contributed by atoms with Gasteiger partial charge in [-0.1, -0.05) is 48.5 Å². The molecule has 4 aromatic rings. The Morgan fingerprint density at radius 1 is 0.833 bits per heavy atom. The van der Waals surface area contributed by atoms with Crippen LogP contribution in [0.2, 0.25) is 0 Å². The Kier molecular flexibility index (Phi) is 5.37. The van der Waals surface area contributed by atoms with Crippen LogP contribution >= 0.6 is 0 Å². The molecule has 2 aromatic carbocycles. The first-order chi connectivity index (χ1) is 14.9. The lowest BCUT2D eigenvalue weighted by atomic mass is 10.2. The fourth-order valence-electron chi connectivity index (χ4n) is 3.52. The summed E-state index contributed by atoms with van der Waals surface area (Å²) in [5, 5.41) is 3.44. The number of oxazole rings is 1. The van der Waals surface area contributed by atoms with Gasteiger partial charge in [0.1, 0.15) is 0 Å². The van der Waals surface area contributed by atoms with Gasteiger partial charge in [0.15, 0.2) is 11.6 Å². The van der Waals surface area contributed by atoms with E-state index in [-0.39, 0.29) is 0 Å². The summed E-state index contributed by atoms with van der Waals surface area (Å²) in [5.74, 6) is 1.84. The van der Waals surface area contributed by atoms with Gasteiger partial charge in [0, 0.05) is 37.3 Å². The summed E-state index contributed by atoms with van der Waals surface area (Å²) in [4.78, 5) is 16.4. The second-order valence-electron chi connectivity index (χ2n) is 7.18. The number of fused-ring (bicyclic) bond motifs is 1. The van der Waals surface area contributed by atoms with Gasteiger partial charge in [0.2, 0.25) is 17.1 Å². The van der Waals surface area contributed by atoms with Gasteiger partial charge in [0.05, 0.1) is 13.2 Å². The third-order valence-corrected chi connectivity index (χ3v) is 5.13. The Bertz CT molecular complexity index is 1110. The smallest absolute Gasteiger partial charge is 0.229 e. The largest absolute Gasteiger partial charge is 0.430 e. The summed E-state index contributed by atoms with van der Waals surface area (Å²) >= 11 is 0. The van der Waals surface area contributed by atoms with E-state index in [9.17, 15) is 0 Å². The van der Waals surface area contributed by atoms with Crippen LogP contribution < -0.4 is 5.32 Å². The Balaban J connectivity index is 1.48. The van der Waals surface area contributed by atoms with Crippen LogP contribution in [0.3, 0.4) is 0 Å². The summed E-state index contributed by atoms with van der Waals surface area (Å²) in [6.45, 7) is 5.15. The molecule has 0 aliphatic carbocycles. The molecule has 0 radical (unpaired) electrons. The van der Waals surface area contributed by atoms with Crippen molar-refractivity contribution in [2.75, 3.05) is 44.7 Å². The van der Waals surface area contributed by atoms with Crippen molar-refractivity contribution >= 4 is 17.0 Å². The maximum absolute atomic E-state index is 6.09. The number of nitrogens with zero attached hydrogens (tertiary/aromatic N) is 4. The summed E-state index contributed by atoms with van der Waals surface area (Å²) in [7, 11) is 0. The lowest BCUT2D eigenvalue weighted by molar-refractivity contribution is 0.0398. The SMILES string of the molecule is c1ccc(-c2nc(NCCN3CCOCC3)c3oc(-c4ccccc4)nc3n2)cc1. The van der Waals surface area contributed by atoms with E-state index in [4.69, 9.17) is 14.1 Å². The standard InChI is InChI=1S/C23H23N5O2/c1-3-7-17(8-4-1)20-25-21(24-11-12-28-13-15-29-16-14-28)19-22(26-20)27-23(30-19)18-9-5-2-6-10-18/h1-10H,11-16H2,(H,24,25,26). The molecule has 0 saturated carbocycles. The first kappa shape index (κ1) is 18.7. The summed E-state index contributed by atoms with van der Waals surface area (Å²) < 4.78 is 11.5. The van der Waals surface area contributed by atoms with Crippen LogP contribution in [0.25, 0.3) is 34.1 Å². The predicted octanol–water partition coefficient (Wildman–Crippen LogP) is 3.70. The number of benzene rings is 2. The molecule has 1 saturated heterocycles. The van der Waals surface area contributed by atoms with Crippen molar-refractivity contribution in [1.29, 1.82) is 0 Å². The first-order valence-corrected chi connectivity index (χ1v) is 10.2. The van der Waals surface area contributed by atoms with Crippen LogP contribution in [0, 0.1) is 0 Å². The molecule has 3 heterocycles. The van der Waals surface area contributed by atoms with Crippen LogP contribution in [-0.2, 0) is 4.74 Å². The van der Waals surface area contributed by atoms with E-state index in [1.165, 1.54) is 0 Å². The summed E-state index contributed by atoms with van der Waals surface area (Å²) in [5.41, 5.74) is 2.99. The molecule has 0 spiro atoms. The van der Waals surface area contributed by atoms with E-state index in [2.05, 4.69) is 20.2 Å². The molecule has 1 aliphatic rings. The van der Waals surface area contributed by atoms with Crippen molar-refractivity contribution in [2.45, 2.75) is 0 Å². The Hall–Kier alpha value is -3.29. The molecular weight excluding hydrogens is 378 g/mol. The molecule has 5 rings (SSSR count). The van der Waals surface area contributed by atoms with Gasteiger partial charge in [-0.05, 0) is 12.1 Å². The van der Waals surface area contributed by atoms with Gasteiger partial charge in [-0.15, -0.1) is 0 Å². The molecule has 0 bridgehead atoms. The highest BCUT2D eigenvalue weighted by Gasteiger charge is 2.17. The summed E-state index contributed by atoms with van der Waals surface area (Å²) in [6, 6.07) is 19.8. The van der Waals surface area contributed by atoms with Crippen molar-refractivity contribution in [3.8, 4) is 22.8 Å². The fraction of sp³-hybridized carbons (Fsp3) is 0.261. The van der Waals surface area contributed by atoms with Crippen LogP contribution in [0.5, 0.6) is 0 Å². The van der Waals surface area contributed by atoms with E-state index in [1.54, 1.807) is 0 Å². The minimum absolute atomic E-state index is 0.543. The van der Waals surface area contributed by atoms with Crippen molar-refractivity contribution in [3.05, 3.63) is 60.7 Å². The number of aromatic nitrogens is 3. The highest BCUT2D eigenvalue weighted by atomic mass is 16.5. The van der Waals surface area contributed by atoms with E-state index in [0.717, 1.165) is 50.5 Å². The molecule has 0 unspecified atom stereocenters. The summed E-state index contributed by atoms with van der Waals surface area (Å²) in [6.07, 6.45) is 0. The molecule has 1 aliphatic heterocycles. The number of ether oxygens (including phenoxy) is 1. The quantitative estimate of drug-likeness (QED) is 0.528. The molecule has 7 heteroatoms. The average Bonchev–Trinajstić information content (AvgIpc) is 3.25. The highest BCUT2D eigenvalue weighted by Crippen LogP contribution is 2.29. The average molecular weight is 401 g/mol. The number of hydrogen-bond acceptors (Lipinski definition) is 7. The van der Waals surface area contributed by atoms with Gasteiger partial charge in [-0.25, -0.2) is 9.97 Å². The molecule has 1 fully saturated rings. The number of rotatable bonds is 6. The first-order valence-electron chi connectivity index (χ1n) is 10.2. The molecule has 152 valence electrons. The van der Waals surface area contributed by atoms with Crippen LogP contribution in [0.15, 0.2) is 65.1 Å². The lowest BCUT2D eigenvalue weighted by Crippen LogP contribution is -2.39. The molecule has 2 aromatic heterocycles. The van der Waals surface area contributed by atoms with E-state index < -0.39 is 0 Å². The van der Waals surface area contributed by atoms with Crippen LogP contribution in [0.4, 0.5) is 5.82 Å². The van der Waals surface area contributed by atoms with E-state index in [1.807, 2.05) is 60.7 Å². The molecule has 30 heavy (non-hydrogen) atoms. The van der Waals surface area contributed by atoms with Crippen molar-refractivity contribution < 1.29 is 9.15 Å². The monoisotopic (exact) mass is 401 g/mol. The van der Waals surface area contributed by atoms with E-state index >= 15 is 0 Å². The molecule has 7 nitrogen and oxygen atoms in total. The number of morpholine rings is 1. The number of nitrogens with one attached hydrogen (secondary N) is 1. The highest BCUT2D eigenvalue weighted by molar-refractivity contribution is 5.84. The van der Waals surface area contributed by atoms with Gasteiger partial charge >= 0.3 is 0 Å². The molecule has 0 amide bonds. The minimum atomic E-state index is 0.543. The third-order valence-electron chi connectivity index (χ3n) is 5.13. The van der Waals surface area contributed by atoms with Crippen LogP contribution in [0.1, 0.15) is 0 Å². The normalized spacial score (nSPS) is 14.8. The molecule has 1 N–H and O–H groups in total. The predicted molar refractivity (Wildman–Crippen MR) is 116 cm³/mol. The van der Waals surface area contributed by atoms with Crippen LogP contribution in [-0.4, -0.2) is 59.2 Å². The topological polar surface area (TPSA) is 76.3 Å². The molecule has 0 atom stereocenters. The number of anilines is 1. The van der Waals surface area contributed by atoms with Crippen molar-refractivity contribution in [1.82, 2.24) is 19.9 Å². The zero-order valence-corrected chi connectivity index (χ0v) is 16.6. The second-order valence-corrected chi connectivity index (χ2v) is 7.18. The van der Waals surface area contributed by atoms with Gasteiger partial charge < -0.3 is 14.5 Å². The third kappa shape index (κ3) is 4.03. The van der Waals surface area contributed by atoms with Crippen molar-refractivity contribution in [2.24, 2.45) is 0 Å². The van der Waals surface area contributed by atoms with Gasteiger partial charge in [0.25, 0.3) is 0 Å². The van der Waals surface area contributed by atoms with Gasteiger partial charge in [-0.2, -0.15) is 4.98 Å². The number of hydrogen-bond donors (Lipinski definition) is 1. The zero-order chi connectivity index (χ0) is 20.2. The minimum Gasteiger partial charge on any atom is -0.430 e. The Labute approximate surface area is 174 Å². The maximum Gasteiger partial charge on any atom is 0.229 e. The molecular formula is C23H23N5O2. The lowest BCUT2D eigenvalue weighted by Gasteiger charge is -2.26.